The van der Waals surface area contributed by atoms with Gasteiger partial charge in [-0.3, -0.25) is 24.7 Å². The number of nitrogens with one attached hydrogen (secondary N) is 2. The molecule has 2 aromatic rings. The second-order valence-corrected chi connectivity index (χ2v) is 8.23. The third-order valence-electron chi connectivity index (χ3n) is 4.52. The maximum absolute atomic E-state index is 11.6. The molecule has 27 heavy (non-hydrogen) atoms. The first-order valence-electron chi connectivity index (χ1n) is 8.20. The standard InChI is InChI=1S/C15H17N4O7P/c20-14-15(21)18-13-8(5-9(19(22)23)6-11(13)17-14)7-16-10-3-1-2-4-12(10)27(24,25)26/h5-6,12,24-26H,1-4,7H2,(H-,17,18,20,21)/p+1. The van der Waals surface area contributed by atoms with Crippen LogP contribution in [0, 0.1) is 10.1 Å². The lowest BCUT2D eigenvalue weighted by Crippen LogP contribution is -2.29. The molecule has 0 bridgehead atoms. The molecule has 5 N–H and O–H groups in total. The predicted octanol–water partition coefficient (Wildman–Crippen LogP) is 0.748. The Morgan fingerprint density at radius 2 is 1.89 bits per heavy atom. The van der Waals surface area contributed by atoms with Gasteiger partial charge >= 0.3 is 19.1 Å². The topological polar surface area (TPSA) is 182 Å². The van der Waals surface area contributed by atoms with Crippen molar-refractivity contribution in [2.24, 2.45) is 4.99 Å². The Morgan fingerprint density at radius 1 is 1.19 bits per heavy atom. The molecule has 144 valence electrons. The van der Waals surface area contributed by atoms with Crippen molar-refractivity contribution in [2.75, 3.05) is 0 Å². The van der Waals surface area contributed by atoms with Crippen LogP contribution in [0.15, 0.2) is 26.7 Å². The zero-order chi connectivity index (χ0) is 19.8. The SMILES string of the molecule is O=c1[nH]c2cc([N+](=O)[O-])cc(CN=C3CCCCC3[P+](O)(O)O)c2[nH]c1=O. The number of hydrogen-bond acceptors (Lipinski definition) is 8. The van der Waals surface area contributed by atoms with Crippen molar-refractivity contribution in [3.05, 3.63) is 48.5 Å². The summed E-state index contributed by atoms with van der Waals surface area (Å²) >= 11 is 0. The molecule has 1 atom stereocenters. The van der Waals surface area contributed by atoms with Gasteiger partial charge in [-0.1, -0.05) is 0 Å². The molecule has 1 aromatic heterocycles. The highest BCUT2D eigenvalue weighted by Gasteiger charge is 2.46. The summed E-state index contributed by atoms with van der Waals surface area (Å²) < 4.78 is 0. The van der Waals surface area contributed by atoms with E-state index < -0.39 is 29.6 Å². The Morgan fingerprint density at radius 3 is 2.56 bits per heavy atom. The molecule has 1 aliphatic rings. The molecule has 0 radical (unpaired) electrons. The van der Waals surface area contributed by atoms with E-state index in [1.807, 2.05) is 0 Å². The van der Waals surface area contributed by atoms with E-state index in [9.17, 15) is 34.4 Å². The molecule has 1 heterocycles. The Hall–Kier alpha value is -2.46. The molecule has 12 heteroatoms. The van der Waals surface area contributed by atoms with Crippen LogP contribution < -0.4 is 11.1 Å². The van der Waals surface area contributed by atoms with Gasteiger partial charge in [0.1, 0.15) is 0 Å². The molecule has 0 spiro atoms. The molecule has 0 aliphatic heterocycles. The van der Waals surface area contributed by atoms with E-state index in [0.29, 0.717) is 24.1 Å². The molecule has 1 saturated carbocycles. The lowest BCUT2D eigenvalue weighted by Gasteiger charge is -2.23. The Labute approximate surface area is 152 Å². The monoisotopic (exact) mass is 397 g/mol. The van der Waals surface area contributed by atoms with Crippen LogP contribution in [0.5, 0.6) is 0 Å². The van der Waals surface area contributed by atoms with Gasteiger partial charge in [0.25, 0.3) is 5.69 Å². The first-order valence-corrected chi connectivity index (χ1v) is 9.92. The predicted molar refractivity (Wildman–Crippen MR) is 98.8 cm³/mol. The summed E-state index contributed by atoms with van der Waals surface area (Å²) in [4.78, 5) is 71.6. The second kappa shape index (κ2) is 7.28. The van der Waals surface area contributed by atoms with Gasteiger partial charge in [0, 0.05) is 17.7 Å². The Bertz CT molecular complexity index is 1040. The van der Waals surface area contributed by atoms with Crippen LogP contribution in [0.3, 0.4) is 0 Å². The van der Waals surface area contributed by atoms with Crippen LogP contribution in [-0.4, -0.2) is 40.9 Å². The lowest BCUT2D eigenvalue weighted by atomic mass is 9.97. The van der Waals surface area contributed by atoms with Crippen molar-refractivity contribution in [2.45, 2.75) is 37.9 Å². The summed E-state index contributed by atoms with van der Waals surface area (Å²) in [7, 11) is -4.10. The number of aromatic nitrogens is 2. The van der Waals surface area contributed by atoms with Crippen molar-refractivity contribution in [3.8, 4) is 0 Å². The minimum absolute atomic E-state index is 0.0913. The van der Waals surface area contributed by atoms with Gasteiger partial charge in [-0.15, -0.1) is 0 Å². The van der Waals surface area contributed by atoms with Crippen molar-refractivity contribution in [1.29, 1.82) is 0 Å². The number of hydrogen-bond donors (Lipinski definition) is 5. The van der Waals surface area contributed by atoms with Crippen molar-refractivity contribution >= 4 is 30.4 Å². The maximum atomic E-state index is 11.6. The van der Waals surface area contributed by atoms with Crippen LogP contribution >= 0.6 is 7.94 Å². The van der Waals surface area contributed by atoms with Crippen LogP contribution in [-0.2, 0) is 6.54 Å². The van der Waals surface area contributed by atoms with Crippen LogP contribution in [0.4, 0.5) is 5.69 Å². The highest BCUT2D eigenvalue weighted by atomic mass is 31.2. The maximum Gasteiger partial charge on any atom is 0.412 e. The van der Waals surface area contributed by atoms with Gasteiger partial charge in [-0.25, -0.2) is 0 Å². The summed E-state index contributed by atoms with van der Waals surface area (Å²) in [5.41, 5.74) is -1.94. The highest BCUT2D eigenvalue weighted by Crippen LogP contribution is 2.54. The average molecular weight is 397 g/mol. The number of aliphatic imine (C=N–C) groups is 1. The number of nitrogens with zero attached hydrogens (tertiary/aromatic N) is 2. The quantitative estimate of drug-likeness (QED) is 0.218. The second-order valence-electron chi connectivity index (χ2n) is 6.38. The Kier molecular flexibility index (Phi) is 5.20. The summed E-state index contributed by atoms with van der Waals surface area (Å²) in [5, 5.41) is 11.1. The molecule has 3 rings (SSSR count). The van der Waals surface area contributed by atoms with E-state index in [-0.39, 0.29) is 23.3 Å². The molecule has 1 unspecified atom stereocenters. The molecule has 0 amide bonds. The number of benzene rings is 1. The molecule has 1 fully saturated rings. The third kappa shape index (κ3) is 4.11. The molecular formula is C15H18N4O7P+. The average Bonchev–Trinajstić information content (AvgIpc) is 2.60. The van der Waals surface area contributed by atoms with Crippen molar-refractivity contribution < 1.29 is 19.6 Å². The van der Waals surface area contributed by atoms with Gasteiger partial charge < -0.3 is 9.97 Å². The highest BCUT2D eigenvalue weighted by molar-refractivity contribution is 7.60. The van der Waals surface area contributed by atoms with Crippen molar-refractivity contribution in [1.82, 2.24) is 9.97 Å². The third-order valence-corrected chi connectivity index (χ3v) is 5.92. The van der Waals surface area contributed by atoms with Gasteiger partial charge in [0.2, 0.25) is 0 Å². The summed E-state index contributed by atoms with van der Waals surface area (Å²) in [6, 6.07) is 2.37. The van der Waals surface area contributed by atoms with E-state index in [1.165, 1.54) is 6.07 Å². The summed E-state index contributed by atoms with van der Waals surface area (Å²) in [6.07, 6.45) is 2.35. The van der Waals surface area contributed by atoms with Gasteiger partial charge in [0.15, 0.2) is 5.66 Å². The molecule has 11 nitrogen and oxygen atoms in total. The fourth-order valence-electron chi connectivity index (χ4n) is 3.23. The molecule has 1 aliphatic carbocycles. The zero-order valence-corrected chi connectivity index (χ0v) is 15.0. The molecular weight excluding hydrogens is 379 g/mol. The number of nitro benzene ring substituents is 1. The van der Waals surface area contributed by atoms with Gasteiger partial charge in [0.05, 0.1) is 28.2 Å². The normalized spacial score (nSPS) is 19.5. The lowest BCUT2D eigenvalue weighted by molar-refractivity contribution is -0.384. The fraction of sp³-hybridized carbons (Fsp3) is 0.400. The van der Waals surface area contributed by atoms with E-state index >= 15 is 0 Å². The number of H-pyrrole nitrogens is 2. The van der Waals surface area contributed by atoms with Crippen LogP contribution in [0.2, 0.25) is 0 Å². The number of fused-ring (bicyclic) bond motifs is 1. The minimum atomic E-state index is -4.10. The summed E-state index contributed by atoms with van der Waals surface area (Å²) in [5.74, 6) is 0. The fourth-order valence-corrected chi connectivity index (χ4v) is 4.37. The van der Waals surface area contributed by atoms with E-state index in [4.69, 9.17) is 0 Å². The van der Waals surface area contributed by atoms with E-state index in [1.54, 1.807) is 0 Å². The number of non-ortho nitro benzene ring substituents is 1. The number of aromatic amines is 2. The van der Waals surface area contributed by atoms with E-state index in [0.717, 1.165) is 18.9 Å². The Balaban J connectivity index is 2.07. The summed E-state index contributed by atoms with van der Waals surface area (Å²) in [6.45, 7) is -0.0913. The smallest absolute Gasteiger partial charge is 0.316 e. The van der Waals surface area contributed by atoms with Crippen LogP contribution in [0.1, 0.15) is 31.2 Å². The number of rotatable bonds is 4. The first-order chi connectivity index (χ1) is 12.7. The van der Waals surface area contributed by atoms with E-state index in [2.05, 4.69) is 15.0 Å². The zero-order valence-electron chi connectivity index (χ0n) is 14.1. The van der Waals surface area contributed by atoms with Crippen molar-refractivity contribution in [3.63, 3.8) is 0 Å². The molecule has 0 saturated heterocycles. The largest absolute Gasteiger partial charge is 0.412 e. The first kappa shape index (κ1) is 19.3. The van der Waals surface area contributed by atoms with Gasteiger partial charge in [-0.2, -0.15) is 14.7 Å². The van der Waals surface area contributed by atoms with Gasteiger partial charge in [-0.05, 0) is 25.7 Å². The minimum Gasteiger partial charge on any atom is -0.316 e. The molecule has 1 aromatic carbocycles. The van der Waals surface area contributed by atoms with Crippen LogP contribution in [0.25, 0.3) is 11.0 Å². The number of nitro groups is 1.